The second-order valence-corrected chi connectivity index (χ2v) is 2.64. The van der Waals surface area contributed by atoms with Gasteiger partial charge in [-0.2, -0.15) is 0 Å². The Hall–Kier alpha value is 0.0300. The van der Waals surface area contributed by atoms with Crippen LogP contribution in [0.15, 0.2) is 12.5 Å². The summed E-state index contributed by atoms with van der Waals surface area (Å²) < 4.78 is 6.78. The highest BCUT2D eigenvalue weighted by atomic mass is 127. The van der Waals surface area contributed by atoms with Crippen LogP contribution in [0, 0.1) is 0 Å². The molecule has 1 heterocycles. The van der Waals surface area contributed by atoms with Gasteiger partial charge < -0.3 is 10.5 Å². The number of hydrogen-bond donors (Lipinski definition) is 1. The minimum absolute atomic E-state index is 0.0144. The predicted molar refractivity (Wildman–Crippen MR) is 38.9 cm³/mol. The summed E-state index contributed by atoms with van der Waals surface area (Å²) in [5, 5.41) is 0. The molecule has 46 valence electrons. The maximum Gasteiger partial charge on any atom is 0.122 e. The van der Waals surface area contributed by atoms with E-state index in [9.17, 15) is 0 Å². The van der Waals surface area contributed by atoms with E-state index in [1.807, 2.05) is 3.11 Å². The second-order valence-electron chi connectivity index (χ2n) is 1.53. The Balaban J connectivity index is 2.47. The van der Waals surface area contributed by atoms with Gasteiger partial charge in [-0.1, -0.05) is 0 Å². The normalized spacial score (nSPS) is 27.8. The van der Waals surface area contributed by atoms with Crippen LogP contribution in [0.4, 0.5) is 0 Å². The quantitative estimate of drug-likeness (QED) is 0.480. The molecule has 1 atom stereocenters. The van der Waals surface area contributed by atoms with Gasteiger partial charge in [0, 0.05) is 6.20 Å². The van der Waals surface area contributed by atoms with Crippen LogP contribution in [0.2, 0.25) is 0 Å². The zero-order chi connectivity index (χ0) is 5.98. The van der Waals surface area contributed by atoms with Crippen LogP contribution in [0.25, 0.3) is 0 Å². The highest BCUT2D eigenvalue weighted by molar-refractivity contribution is 14.1. The monoisotopic (exact) mass is 226 g/mol. The number of nitrogens with two attached hydrogens (primary N) is 1. The van der Waals surface area contributed by atoms with Gasteiger partial charge in [-0.15, -0.1) is 0 Å². The Morgan fingerprint density at radius 2 is 2.62 bits per heavy atom. The van der Waals surface area contributed by atoms with Crippen LogP contribution in [-0.4, -0.2) is 15.9 Å². The molecule has 8 heavy (non-hydrogen) atoms. The minimum Gasteiger partial charge on any atom is -0.496 e. The summed E-state index contributed by atoms with van der Waals surface area (Å²) in [6.07, 6.45) is 3.45. The third kappa shape index (κ3) is 1.25. The molecule has 0 saturated carbocycles. The molecule has 0 fully saturated rings. The van der Waals surface area contributed by atoms with E-state index >= 15 is 0 Å². The molecule has 0 spiro atoms. The number of hydrogen-bond acceptors (Lipinski definition) is 3. The lowest BCUT2D eigenvalue weighted by Crippen LogP contribution is -2.37. The van der Waals surface area contributed by atoms with Crippen molar-refractivity contribution in [3.05, 3.63) is 12.5 Å². The average Bonchev–Trinajstić information content (AvgIpc) is 1.77. The van der Waals surface area contributed by atoms with Crippen LogP contribution in [0.1, 0.15) is 0 Å². The van der Waals surface area contributed by atoms with Crippen molar-refractivity contribution in [1.29, 1.82) is 0 Å². The van der Waals surface area contributed by atoms with Gasteiger partial charge in [-0.3, -0.25) is 3.11 Å². The summed E-state index contributed by atoms with van der Waals surface area (Å²) in [4.78, 5) is 0. The van der Waals surface area contributed by atoms with Gasteiger partial charge >= 0.3 is 0 Å². The molecule has 0 aromatic carbocycles. The van der Waals surface area contributed by atoms with Gasteiger partial charge in [-0.25, -0.2) is 0 Å². The van der Waals surface area contributed by atoms with Crippen LogP contribution in [-0.2, 0) is 4.74 Å². The molecule has 1 rings (SSSR count). The first-order valence-electron chi connectivity index (χ1n) is 2.28. The second kappa shape index (κ2) is 2.54. The van der Waals surface area contributed by atoms with Gasteiger partial charge in [-0.05, 0) is 0 Å². The van der Waals surface area contributed by atoms with Gasteiger partial charge in [0.25, 0.3) is 0 Å². The number of nitrogens with zero attached hydrogens (tertiary/aromatic N) is 1. The van der Waals surface area contributed by atoms with Crippen molar-refractivity contribution in [3.8, 4) is 0 Å². The summed E-state index contributed by atoms with van der Waals surface area (Å²) >= 11 is 2.12. The largest absolute Gasteiger partial charge is 0.496 e. The third-order valence-electron chi connectivity index (χ3n) is 0.883. The van der Waals surface area contributed by atoms with Crippen molar-refractivity contribution in [2.45, 2.75) is 6.17 Å². The highest BCUT2D eigenvalue weighted by Gasteiger charge is 2.09. The summed E-state index contributed by atoms with van der Waals surface area (Å²) in [6.45, 7) is 0.583. The zero-order valence-electron chi connectivity index (χ0n) is 4.25. The molecule has 4 heteroatoms. The Kier molecular flexibility index (Phi) is 1.95. The van der Waals surface area contributed by atoms with Crippen molar-refractivity contribution >= 4 is 22.9 Å². The molecule has 0 aromatic heterocycles. The maximum absolute atomic E-state index is 5.52. The smallest absolute Gasteiger partial charge is 0.122 e. The molecule has 0 aliphatic carbocycles. The van der Waals surface area contributed by atoms with Gasteiger partial charge in [0.2, 0.25) is 0 Å². The van der Waals surface area contributed by atoms with Crippen molar-refractivity contribution in [1.82, 2.24) is 3.11 Å². The van der Waals surface area contributed by atoms with E-state index in [-0.39, 0.29) is 6.17 Å². The number of halogens is 1. The van der Waals surface area contributed by atoms with Crippen molar-refractivity contribution in [2.24, 2.45) is 5.73 Å². The van der Waals surface area contributed by atoms with Crippen LogP contribution < -0.4 is 5.73 Å². The van der Waals surface area contributed by atoms with Crippen LogP contribution in [0.5, 0.6) is 0 Å². The zero-order valence-corrected chi connectivity index (χ0v) is 6.41. The Morgan fingerprint density at radius 3 is 3.00 bits per heavy atom. The Labute approximate surface area is 62.0 Å². The number of ether oxygens (including phenoxy) is 1. The summed E-state index contributed by atoms with van der Waals surface area (Å²) in [5.41, 5.74) is 5.52. The average molecular weight is 226 g/mol. The lowest BCUT2D eigenvalue weighted by atomic mass is 10.5. The summed E-state index contributed by atoms with van der Waals surface area (Å²) in [6, 6.07) is 0. The molecule has 0 aromatic rings. The van der Waals surface area contributed by atoms with Gasteiger partial charge in [0.1, 0.15) is 12.8 Å². The molecule has 2 N–H and O–H groups in total. The van der Waals surface area contributed by atoms with Crippen LogP contribution in [0.3, 0.4) is 0 Å². The first kappa shape index (κ1) is 6.15. The van der Waals surface area contributed by atoms with E-state index in [1.54, 1.807) is 12.5 Å². The molecule has 0 saturated heterocycles. The van der Waals surface area contributed by atoms with E-state index in [0.717, 1.165) is 0 Å². The fraction of sp³-hybridized carbons (Fsp3) is 0.500. The lowest BCUT2D eigenvalue weighted by molar-refractivity contribution is 0.171. The first-order chi connectivity index (χ1) is 3.80. The molecule has 3 nitrogen and oxygen atoms in total. The Bertz CT molecular complexity index is 106. The molecule has 0 amide bonds. The topological polar surface area (TPSA) is 38.5 Å². The summed E-state index contributed by atoms with van der Waals surface area (Å²) in [5.74, 6) is 0. The lowest BCUT2D eigenvalue weighted by Gasteiger charge is -2.23. The fourth-order valence-corrected chi connectivity index (χ4v) is 0.729. The molecular weight excluding hydrogens is 219 g/mol. The highest BCUT2D eigenvalue weighted by Crippen LogP contribution is 2.07. The predicted octanol–water partition coefficient (Wildman–Crippen LogP) is 0.425. The SMILES string of the molecule is NC1COC=CN1I. The first-order valence-corrected chi connectivity index (χ1v) is 3.25. The molecule has 1 aliphatic rings. The summed E-state index contributed by atoms with van der Waals surface area (Å²) in [7, 11) is 0. The molecule has 1 aliphatic heterocycles. The van der Waals surface area contributed by atoms with E-state index < -0.39 is 0 Å². The molecular formula is C4H7IN2O. The van der Waals surface area contributed by atoms with Gasteiger partial charge in [0.15, 0.2) is 0 Å². The van der Waals surface area contributed by atoms with Crippen molar-refractivity contribution in [3.63, 3.8) is 0 Å². The maximum atomic E-state index is 5.52. The minimum atomic E-state index is 0.0144. The molecule has 1 unspecified atom stereocenters. The van der Waals surface area contributed by atoms with Crippen LogP contribution >= 0.6 is 22.9 Å². The standard InChI is InChI=1S/C4H7IN2O/c5-7-1-2-8-3-4(7)6/h1-2,4H,3,6H2. The fourth-order valence-electron chi connectivity index (χ4n) is 0.437. The Morgan fingerprint density at radius 1 is 1.88 bits per heavy atom. The van der Waals surface area contributed by atoms with Gasteiger partial charge in [0.05, 0.1) is 29.1 Å². The van der Waals surface area contributed by atoms with E-state index in [4.69, 9.17) is 10.5 Å². The third-order valence-corrected chi connectivity index (χ3v) is 1.92. The van der Waals surface area contributed by atoms with Crippen molar-refractivity contribution in [2.75, 3.05) is 6.61 Å². The molecule has 0 radical (unpaired) electrons. The van der Waals surface area contributed by atoms with E-state index in [1.165, 1.54) is 0 Å². The van der Waals surface area contributed by atoms with E-state index in [2.05, 4.69) is 22.9 Å². The number of rotatable bonds is 0. The van der Waals surface area contributed by atoms with E-state index in [0.29, 0.717) is 6.61 Å². The van der Waals surface area contributed by atoms with Crippen molar-refractivity contribution < 1.29 is 4.74 Å². The molecule has 0 bridgehead atoms.